The second-order valence-corrected chi connectivity index (χ2v) is 5.82. The minimum atomic E-state index is -0.664. The minimum Gasteiger partial charge on any atom is -0.392 e. The quantitative estimate of drug-likeness (QED) is 0.788. The number of hydrogen-bond donors (Lipinski definition) is 1. The van der Waals surface area contributed by atoms with Gasteiger partial charge in [-0.05, 0) is 38.5 Å². The molecule has 17 heavy (non-hydrogen) atoms. The largest absolute Gasteiger partial charge is 0.392 e. The molecule has 0 aromatic rings. The maximum Gasteiger partial charge on any atom is 0.235 e. The topological polar surface area (TPSA) is 46.3 Å². The summed E-state index contributed by atoms with van der Waals surface area (Å²) in [6, 6.07) is 0. The smallest absolute Gasteiger partial charge is 0.235 e. The zero-order valence-electron chi connectivity index (χ0n) is 11.2. The Kier molecular flexibility index (Phi) is 4.92. The summed E-state index contributed by atoms with van der Waals surface area (Å²) in [6.45, 7) is 7.78. The van der Waals surface area contributed by atoms with Crippen molar-refractivity contribution in [2.75, 3.05) is 13.1 Å². The first-order chi connectivity index (χ1) is 7.91. The lowest BCUT2D eigenvalue weighted by molar-refractivity contribution is -0.137. The summed E-state index contributed by atoms with van der Waals surface area (Å²) in [4.78, 5) is 14.8. The molecule has 0 radical (unpaired) electrons. The van der Waals surface area contributed by atoms with Crippen molar-refractivity contribution in [1.29, 1.82) is 0 Å². The highest BCUT2D eigenvalue weighted by atomic mass is 32.1. The number of nitrogens with zero attached hydrogens (tertiary/aromatic N) is 1. The predicted octanol–water partition coefficient (Wildman–Crippen LogP) is 2.34. The van der Waals surface area contributed by atoms with Gasteiger partial charge in [-0.1, -0.05) is 26.1 Å². The number of carbonyl (C=O) groups excluding carboxylic acids is 1. The third kappa shape index (κ3) is 3.18. The molecule has 3 nitrogen and oxygen atoms in total. The maximum absolute atomic E-state index is 12.5. The van der Waals surface area contributed by atoms with Gasteiger partial charge in [0.05, 0.1) is 10.4 Å². The van der Waals surface area contributed by atoms with E-state index in [1.807, 2.05) is 18.7 Å². The summed E-state index contributed by atoms with van der Waals surface area (Å²) in [7, 11) is 0. The predicted molar refractivity (Wildman–Crippen MR) is 74.8 cm³/mol. The fourth-order valence-corrected chi connectivity index (χ4v) is 2.48. The molecular weight excluding hydrogens is 232 g/mol. The SMILES string of the molecule is CCC(C)(C(=O)N1CCCC(C)CC1)C(N)=S. The highest BCUT2D eigenvalue weighted by Gasteiger charge is 2.38. The molecule has 2 atom stereocenters. The molecule has 0 aromatic heterocycles. The van der Waals surface area contributed by atoms with Crippen LogP contribution in [0.4, 0.5) is 0 Å². The van der Waals surface area contributed by atoms with Gasteiger partial charge in [-0.2, -0.15) is 0 Å². The summed E-state index contributed by atoms with van der Waals surface area (Å²) in [5.41, 5.74) is 5.08. The van der Waals surface area contributed by atoms with E-state index in [2.05, 4.69) is 6.92 Å². The summed E-state index contributed by atoms with van der Waals surface area (Å²) in [5.74, 6) is 0.826. The van der Waals surface area contributed by atoms with Crippen molar-refractivity contribution >= 4 is 23.1 Å². The van der Waals surface area contributed by atoms with Gasteiger partial charge in [0.15, 0.2) is 0 Å². The first-order valence-electron chi connectivity index (χ1n) is 6.51. The Bertz CT molecular complexity index is 306. The number of likely N-dealkylation sites (tertiary alicyclic amines) is 1. The number of carbonyl (C=O) groups is 1. The summed E-state index contributed by atoms with van der Waals surface area (Å²) in [6.07, 6.45) is 4.06. The Hall–Kier alpha value is -0.640. The van der Waals surface area contributed by atoms with E-state index in [-0.39, 0.29) is 5.91 Å². The van der Waals surface area contributed by atoms with E-state index >= 15 is 0 Å². The molecule has 1 rings (SSSR count). The number of hydrogen-bond acceptors (Lipinski definition) is 2. The van der Waals surface area contributed by atoms with E-state index in [0.29, 0.717) is 17.3 Å². The molecule has 1 amide bonds. The van der Waals surface area contributed by atoms with E-state index in [0.717, 1.165) is 25.9 Å². The Morgan fingerprint density at radius 1 is 1.47 bits per heavy atom. The highest BCUT2D eigenvalue weighted by Crippen LogP contribution is 2.27. The molecule has 1 saturated heterocycles. The third-order valence-electron chi connectivity index (χ3n) is 4.03. The minimum absolute atomic E-state index is 0.113. The van der Waals surface area contributed by atoms with Crippen LogP contribution >= 0.6 is 12.2 Å². The van der Waals surface area contributed by atoms with Gasteiger partial charge in [-0.25, -0.2) is 0 Å². The lowest BCUT2D eigenvalue weighted by Gasteiger charge is -2.32. The fourth-order valence-electron chi connectivity index (χ4n) is 2.25. The summed E-state index contributed by atoms with van der Waals surface area (Å²) in [5, 5.41) is 0. The molecule has 0 spiro atoms. The molecule has 0 bridgehead atoms. The van der Waals surface area contributed by atoms with E-state index in [1.165, 1.54) is 6.42 Å². The van der Waals surface area contributed by atoms with Gasteiger partial charge in [0, 0.05) is 13.1 Å². The van der Waals surface area contributed by atoms with Crippen LogP contribution in [-0.4, -0.2) is 28.9 Å². The van der Waals surface area contributed by atoms with Crippen LogP contribution in [-0.2, 0) is 4.79 Å². The lowest BCUT2D eigenvalue weighted by Crippen LogP contribution is -2.49. The van der Waals surface area contributed by atoms with Gasteiger partial charge in [0.25, 0.3) is 0 Å². The zero-order valence-corrected chi connectivity index (χ0v) is 12.0. The molecule has 1 fully saturated rings. The Morgan fingerprint density at radius 3 is 2.65 bits per heavy atom. The van der Waals surface area contributed by atoms with Gasteiger partial charge >= 0.3 is 0 Å². The highest BCUT2D eigenvalue weighted by molar-refractivity contribution is 7.80. The van der Waals surface area contributed by atoms with Crippen LogP contribution in [0.25, 0.3) is 0 Å². The molecule has 1 aliphatic heterocycles. The van der Waals surface area contributed by atoms with Crippen LogP contribution in [0, 0.1) is 11.3 Å². The van der Waals surface area contributed by atoms with E-state index < -0.39 is 5.41 Å². The van der Waals surface area contributed by atoms with Crippen molar-refractivity contribution in [2.24, 2.45) is 17.1 Å². The van der Waals surface area contributed by atoms with E-state index in [1.54, 1.807) is 0 Å². The Morgan fingerprint density at radius 2 is 2.12 bits per heavy atom. The van der Waals surface area contributed by atoms with Gasteiger partial charge < -0.3 is 10.6 Å². The number of nitrogens with two attached hydrogens (primary N) is 1. The second-order valence-electron chi connectivity index (χ2n) is 5.38. The average molecular weight is 256 g/mol. The van der Waals surface area contributed by atoms with Crippen LogP contribution in [0.2, 0.25) is 0 Å². The normalized spacial score (nSPS) is 24.9. The fraction of sp³-hybridized carbons (Fsp3) is 0.846. The first kappa shape index (κ1) is 14.4. The Balaban J connectivity index is 2.77. The van der Waals surface area contributed by atoms with Gasteiger partial charge in [0.2, 0.25) is 5.91 Å². The number of thiocarbonyl (C=S) groups is 1. The van der Waals surface area contributed by atoms with Gasteiger partial charge in [-0.3, -0.25) is 4.79 Å². The first-order valence-corrected chi connectivity index (χ1v) is 6.92. The zero-order chi connectivity index (χ0) is 13.1. The van der Waals surface area contributed by atoms with Crippen LogP contribution in [0.3, 0.4) is 0 Å². The molecule has 98 valence electrons. The van der Waals surface area contributed by atoms with Crippen LogP contribution in [0.15, 0.2) is 0 Å². The molecule has 0 saturated carbocycles. The number of rotatable bonds is 3. The van der Waals surface area contributed by atoms with E-state index in [9.17, 15) is 4.79 Å². The number of amides is 1. The maximum atomic E-state index is 12.5. The van der Waals surface area contributed by atoms with Crippen molar-refractivity contribution in [3.05, 3.63) is 0 Å². The van der Waals surface area contributed by atoms with E-state index in [4.69, 9.17) is 18.0 Å². The van der Waals surface area contributed by atoms with Crippen molar-refractivity contribution in [2.45, 2.75) is 46.5 Å². The lowest BCUT2D eigenvalue weighted by atomic mass is 9.85. The monoisotopic (exact) mass is 256 g/mol. The standard InChI is InChI=1S/C13H24N2OS/c1-4-13(3,11(14)17)12(16)15-8-5-6-10(2)7-9-15/h10H,4-9H2,1-3H3,(H2,14,17). The molecule has 0 aromatic carbocycles. The molecule has 1 aliphatic rings. The third-order valence-corrected chi connectivity index (χ3v) is 4.48. The van der Waals surface area contributed by atoms with Crippen molar-refractivity contribution in [1.82, 2.24) is 4.90 Å². The summed E-state index contributed by atoms with van der Waals surface area (Å²) < 4.78 is 0. The van der Waals surface area contributed by atoms with Gasteiger partial charge in [0.1, 0.15) is 0 Å². The van der Waals surface area contributed by atoms with Crippen molar-refractivity contribution in [3.63, 3.8) is 0 Å². The molecule has 0 aliphatic carbocycles. The van der Waals surface area contributed by atoms with Gasteiger partial charge in [-0.15, -0.1) is 0 Å². The Labute approximate surface area is 110 Å². The van der Waals surface area contributed by atoms with Crippen LogP contribution < -0.4 is 5.73 Å². The second kappa shape index (κ2) is 5.80. The molecule has 4 heteroatoms. The van der Waals surface area contributed by atoms with Crippen LogP contribution in [0.1, 0.15) is 46.5 Å². The molecule has 1 heterocycles. The molecule has 2 unspecified atom stereocenters. The average Bonchev–Trinajstić information content (AvgIpc) is 2.51. The van der Waals surface area contributed by atoms with Crippen LogP contribution in [0.5, 0.6) is 0 Å². The van der Waals surface area contributed by atoms with Crippen molar-refractivity contribution < 1.29 is 4.79 Å². The van der Waals surface area contributed by atoms with Crippen molar-refractivity contribution in [3.8, 4) is 0 Å². The molecular formula is C13H24N2OS. The molecule has 2 N–H and O–H groups in total. The summed E-state index contributed by atoms with van der Waals surface area (Å²) >= 11 is 5.06.